The summed E-state index contributed by atoms with van der Waals surface area (Å²) in [4.78, 5) is 12.8. The lowest BCUT2D eigenvalue weighted by atomic mass is 10.00. The summed E-state index contributed by atoms with van der Waals surface area (Å²) >= 11 is 3.38. The van der Waals surface area contributed by atoms with E-state index in [1.807, 2.05) is 37.3 Å². The molecule has 3 aromatic carbocycles. The molecule has 0 heterocycles. The van der Waals surface area contributed by atoms with Gasteiger partial charge in [-0.25, -0.2) is 4.39 Å². The molecule has 0 bridgehead atoms. The summed E-state index contributed by atoms with van der Waals surface area (Å²) in [5.74, 6) is -0.0928. The lowest BCUT2D eigenvalue weighted by Crippen LogP contribution is -2.12. The first-order chi connectivity index (χ1) is 16.3. The Kier molecular flexibility index (Phi) is 6.75. The van der Waals surface area contributed by atoms with E-state index in [4.69, 9.17) is 9.47 Å². The fraction of sp³-hybridized carbons (Fsp3) is 0.148. The summed E-state index contributed by atoms with van der Waals surface area (Å²) in [5, 5.41) is 13.1. The molecule has 0 saturated carbocycles. The summed E-state index contributed by atoms with van der Waals surface area (Å²) in [6.07, 6.45) is 2.01. The van der Waals surface area contributed by atoms with E-state index in [0.717, 1.165) is 32.3 Å². The van der Waals surface area contributed by atoms with Crippen LogP contribution < -0.4 is 14.8 Å². The van der Waals surface area contributed by atoms with Crippen LogP contribution in [0, 0.1) is 5.82 Å². The number of aromatic hydroxyl groups is 1. The van der Waals surface area contributed by atoms with Gasteiger partial charge in [0.05, 0.1) is 20.6 Å². The Labute approximate surface area is 205 Å². The van der Waals surface area contributed by atoms with Crippen molar-refractivity contribution in [3.05, 3.63) is 87.2 Å². The number of ether oxygens (including phenoxy) is 2. The van der Waals surface area contributed by atoms with Crippen molar-refractivity contribution >= 4 is 44.7 Å². The van der Waals surface area contributed by atoms with Crippen LogP contribution in [0.1, 0.15) is 30.0 Å². The minimum absolute atomic E-state index is 0.0846. The number of fused-ring (bicyclic) bond motifs is 1. The lowest BCUT2D eigenvalue weighted by molar-refractivity contribution is -0.115. The number of phenolic OH excluding ortho intramolecular Hbond substituents is 1. The zero-order valence-electron chi connectivity index (χ0n) is 18.9. The number of benzene rings is 3. The molecule has 3 aromatic rings. The second-order valence-electron chi connectivity index (χ2n) is 7.86. The summed E-state index contributed by atoms with van der Waals surface area (Å²) in [6, 6.07) is 15.3. The molecule has 0 saturated heterocycles. The van der Waals surface area contributed by atoms with Crippen molar-refractivity contribution in [2.24, 2.45) is 0 Å². The van der Waals surface area contributed by atoms with Crippen molar-refractivity contribution in [1.29, 1.82) is 0 Å². The molecule has 7 heteroatoms. The highest BCUT2D eigenvalue weighted by Gasteiger charge is 2.26. The Balaban J connectivity index is 1.73. The van der Waals surface area contributed by atoms with Crippen molar-refractivity contribution in [3.63, 3.8) is 0 Å². The largest absolute Gasteiger partial charge is 0.502 e. The van der Waals surface area contributed by atoms with E-state index in [1.165, 1.54) is 26.4 Å². The van der Waals surface area contributed by atoms with Crippen molar-refractivity contribution in [1.82, 2.24) is 0 Å². The summed E-state index contributed by atoms with van der Waals surface area (Å²) in [6.45, 7) is 1.92. The van der Waals surface area contributed by atoms with Gasteiger partial charge in [-0.3, -0.25) is 4.79 Å². The quantitative estimate of drug-likeness (QED) is 0.378. The van der Waals surface area contributed by atoms with Crippen LogP contribution >= 0.6 is 15.9 Å². The van der Waals surface area contributed by atoms with E-state index in [-0.39, 0.29) is 35.4 Å². The minimum Gasteiger partial charge on any atom is -0.502 e. The van der Waals surface area contributed by atoms with Crippen molar-refractivity contribution in [2.75, 3.05) is 19.5 Å². The lowest BCUT2D eigenvalue weighted by Gasteiger charge is -2.11. The maximum absolute atomic E-state index is 14.2. The fourth-order valence-corrected chi connectivity index (χ4v) is 4.31. The van der Waals surface area contributed by atoms with Crippen LogP contribution in [0.2, 0.25) is 0 Å². The highest BCUT2D eigenvalue weighted by molar-refractivity contribution is 9.10. The number of nitrogens with one attached hydrogen (secondary N) is 1. The Morgan fingerprint density at radius 1 is 1.03 bits per heavy atom. The Morgan fingerprint density at radius 3 is 2.29 bits per heavy atom. The van der Waals surface area contributed by atoms with E-state index in [0.29, 0.717) is 11.3 Å². The average Bonchev–Trinajstić information content (AvgIpc) is 3.06. The Bertz CT molecular complexity index is 1300. The normalized spacial score (nSPS) is 13.7. The number of methoxy groups -OCH3 is 2. The summed E-state index contributed by atoms with van der Waals surface area (Å²) < 4.78 is 25.6. The molecular formula is C27H23BrFNO4. The number of phenols is 1. The molecule has 0 aliphatic heterocycles. The Morgan fingerprint density at radius 2 is 1.68 bits per heavy atom. The van der Waals surface area contributed by atoms with Gasteiger partial charge in [-0.05, 0) is 94.9 Å². The minimum atomic E-state index is -0.369. The zero-order chi connectivity index (χ0) is 24.4. The molecule has 0 spiro atoms. The van der Waals surface area contributed by atoms with Gasteiger partial charge in [0, 0.05) is 10.2 Å². The molecule has 4 rings (SSSR count). The van der Waals surface area contributed by atoms with Crippen LogP contribution in [0.25, 0.3) is 17.2 Å². The molecule has 2 N–H and O–H groups in total. The molecular weight excluding hydrogens is 501 g/mol. The van der Waals surface area contributed by atoms with E-state index in [2.05, 4.69) is 21.2 Å². The number of rotatable bonds is 6. The first-order valence-corrected chi connectivity index (χ1v) is 11.3. The smallest absolute Gasteiger partial charge is 0.228 e. The first-order valence-electron chi connectivity index (χ1n) is 10.5. The second-order valence-corrected chi connectivity index (χ2v) is 8.77. The highest BCUT2D eigenvalue weighted by atomic mass is 79.9. The summed E-state index contributed by atoms with van der Waals surface area (Å²) in [7, 11) is 2.93. The van der Waals surface area contributed by atoms with Crippen LogP contribution in [-0.2, 0) is 4.79 Å². The van der Waals surface area contributed by atoms with Gasteiger partial charge in [-0.15, -0.1) is 0 Å². The molecule has 1 aliphatic carbocycles. The molecule has 34 heavy (non-hydrogen) atoms. The van der Waals surface area contributed by atoms with Crippen LogP contribution in [-0.4, -0.2) is 25.2 Å². The number of amides is 1. The number of hydrogen-bond acceptors (Lipinski definition) is 4. The standard InChI is InChI=1S/C27H23BrFNO4/c1-15-21(10-16-11-24(33-2)27(32)25(12-16)34-3)20-9-6-18(29)13-23(20)22(15)14-26(31)30-19-7-4-17(28)5-8-19/h4-13,32H,14H2,1-3H3,(H,30,31). The van der Waals surface area contributed by atoms with Gasteiger partial charge in [0.15, 0.2) is 11.5 Å². The van der Waals surface area contributed by atoms with Crippen LogP contribution in [0.5, 0.6) is 17.2 Å². The van der Waals surface area contributed by atoms with E-state index >= 15 is 0 Å². The van der Waals surface area contributed by atoms with E-state index in [9.17, 15) is 14.3 Å². The molecule has 174 valence electrons. The average molecular weight is 524 g/mol. The van der Waals surface area contributed by atoms with Gasteiger partial charge in [0.1, 0.15) is 5.82 Å². The third-order valence-electron chi connectivity index (χ3n) is 5.73. The maximum atomic E-state index is 14.2. The van der Waals surface area contributed by atoms with E-state index in [1.54, 1.807) is 18.2 Å². The van der Waals surface area contributed by atoms with Crippen molar-refractivity contribution in [2.45, 2.75) is 13.3 Å². The van der Waals surface area contributed by atoms with Gasteiger partial charge in [-0.2, -0.15) is 0 Å². The van der Waals surface area contributed by atoms with Gasteiger partial charge in [0.25, 0.3) is 0 Å². The number of anilines is 1. The number of carbonyl (C=O) groups excluding carboxylic acids is 1. The number of hydrogen-bond donors (Lipinski definition) is 2. The fourth-order valence-electron chi connectivity index (χ4n) is 4.04. The predicted molar refractivity (Wildman–Crippen MR) is 135 cm³/mol. The number of allylic oxidation sites excluding steroid dienone is 2. The summed E-state index contributed by atoms with van der Waals surface area (Å²) in [5.41, 5.74) is 5.42. The van der Waals surface area contributed by atoms with Crippen LogP contribution in [0.15, 0.2) is 64.6 Å². The molecule has 1 amide bonds. The topological polar surface area (TPSA) is 67.8 Å². The van der Waals surface area contributed by atoms with Gasteiger partial charge in [0.2, 0.25) is 11.7 Å². The first kappa shape index (κ1) is 23.6. The van der Waals surface area contributed by atoms with Crippen molar-refractivity contribution in [3.8, 4) is 17.2 Å². The highest BCUT2D eigenvalue weighted by Crippen LogP contribution is 2.45. The van der Waals surface area contributed by atoms with Crippen molar-refractivity contribution < 1.29 is 23.8 Å². The predicted octanol–water partition coefficient (Wildman–Crippen LogP) is 6.67. The number of halogens is 2. The number of carbonyl (C=O) groups is 1. The van der Waals surface area contributed by atoms with Gasteiger partial charge < -0.3 is 19.9 Å². The second kappa shape index (κ2) is 9.73. The molecule has 5 nitrogen and oxygen atoms in total. The third kappa shape index (κ3) is 4.70. The molecule has 0 radical (unpaired) electrons. The molecule has 1 aliphatic rings. The van der Waals surface area contributed by atoms with Crippen LogP contribution in [0.3, 0.4) is 0 Å². The molecule has 0 atom stereocenters. The monoisotopic (exact) mass is 523 g/mol. The van der Waals surface area contributed by atoms with E-state index < -0.39 is 0 Å². The van der Waals surface area contributed by atoms with Gasteiger partial charge >= 0.3 is 0 Å². The molecule has 0 aromatic heterocycles. The van der Waals surface area contributed by atoms with Crippen LogP contribution in [0.4, 0.5) is 10.1 Å². The zero-order valence-corrected chi connectivity index (χ0v) is 20.5. The van der Waals surface area contributed by atoms with Gasteiger partial charge in [-0.1, -0.05) is 22.0 Å². The third-order valence-corrected chi connectivity index (χ3v) is 6.26. The SMILES string of the molecule is COc1cc(C=C2C(C)=C(CC(=O)Nc3ccc(Br)cc3)c3cc(F)ccc32)cc(OC)c1O. The molecule has 0 fully saturated rings. The Hall–Kier alpha value is -3.58. The molecule has 0 unspecified atom stereocenters. The maximum Gasteiger partial charge on any atom is 0.228 e.